The molecule has 0 saturated carbocycles. The van der Waals surface area contributed by atoms with Gasteiger partial charge in [-0.1, -0.05) is 12.8 Å². The minimum Gasteiger partial charge on any atom is -0.466 e. The second kappa shape index (κ2) is 22.6. The van der Waals surface area contributed by atoms with Gasteiger partial charge >= 0.3 is 11.9 Å². The molecule has 0 heterocycles. The molecule has 0 aliphatic heterocycles. The standard InChI is InChI=1S/C8H15ClO4S.C8H16O5S.Cl2OS/c1-2-13-8(10)6-4-3-5-7-14(9,11)12;1-2-13-8(9)6-4-3-5-7-14(10,11)12;1-4(2)3/h2-7H2,1H3;2-7H2,1H3,(H,10,11,12);. The summed E-state index contributed by atoms with van der Waals surface area (Å²) in [5, 5.41) is 0. The Morgan fingerprint density at radius 3 is 1.41 bits per heavy atom. The molecule has 16 heteroatoms. The van der Waals surface area contributed by atoms with Crippen molar-refractivity contribution in [2.24, 2.45) is 0 Å². The molecule has 1 N–H and O–H groups in total. The highest BCUT2D eigenvalue weighted by Crippen LogP contribution is 2.06. The normalized spacial score (nSPS) is 11.0. The van der Waals surface area contributed by atoms with E-state index in [-0.39, 0.29) is 23.4 Å². The Labute approximate surface area is 206 Å². The first-order valence-corrected chi connectivity index (χ1v) is 16.5. The lowest BCUT2D eigenvalue weighted by Crippen LogP contribution is -2.05. The molecule has 0 fully saturated rings. The van der Waals surface area contributed by atoms with Gasteiger partial charge < -0.3 is 9.47 Å². The molecule has 0 unspecified atom stereocenters. The number of unbranched alkanes of at least 4 members (excludes halogenated alkanes) is 4. The first-order chi connectivity index (χ1) is 14.6. The van der Waals surface area contributed by atoms with Gasteiger partial charge in [0.05, 0.1) is 24.7 Å². The summed E-state index contributed by atoms with van der Waals surface area (Å²) in [4.78, 5) is 21.6. The van der Waals surface area contributed by atoms with Gasteiger partial charge in [0.2, 0.25) is 18.3 Å². The molecule has 0 aromatic rings. The molecule has 32 heavy (non-hydrogen) atoms. The maximum Gasteiger partial charge on any atom is 0.305 e. The number of hydrogen-bond donors (Lipinski definition) is 1. The molecule has 0 aromatic heterocycles. The zero-order valence-electron chi connectivity index (χ0n) is 18.0. The summed E-state index contributed by atoms with van der Waals surface area (Å²) in [6, 6.07) is 0. The Morgan fingerprint density at radius 2 is 1.12 bits per heavy atom. The van der Waals surface area contributed by atoms with Crippen LogP contribution in [0.5, 0.6) is 0 Å². The monoisotopic (exact) mass is 584 g/mol. The lowest BCUT2D eigenvalue weighted by Gasteiger charge is -2.00. The van der Waals surface area contributed by atoms with Gasteiger partial charge in [0, 0.05) is 44.9 Å². The molecule has 0 radical (unpaired) electrons. The number of hydrogen-bond acceptors (Lipinski definition) is 9. The van der Waals surface area contributed by atoms with E-state index in [4.69, 9.17) is 24.2 Å². The molecule has 10 nitrogen and oxygen atoms in total. The van der Waals surface area contributed by atoms with Crippen LogP contribution in [0.4, 0.5) is 0 Å². The maximum atomic E-state index is 10.8. The summed E-state index contributed by atoms with van der Waals surface area (Å²) < 4.78 is 68.5. The summed E-state index contributed by atoms with van der Waals surface area (Å²) in [5.41, 5.74) is 0. The number of carbonyl (C=O) groups excluding carboxylic acids is 2. The Bertz CT molecular complexity index is 668. The minimum absolute atomic E-state index is 0.0304. The fraction of sp³-hybridized carbons (Fsp3) is 0.875. The van der Waals surface area contributed by atoms with Crippen LogP contribution in [-0.4, -0.2) is 62.3 Å². The molecule has 0 aliphatic rings. The highest BCUT2D eigenvalue weighted by molar-refractivity contribution is 8.26. The van der Waals surface area contributed by atoms with Crippen LogP contribution in [0.3, 0.4) is 0 Å². The summed E-state index contributed by atoms with van der Waals surface area (Å²) in [6.45, 7) is 4.23. The molecule has 0 aliphatic carbocycles. The van der Waals surface area contributed by atoms with Crippen LogP contribution in [0.1, 0.15) is 65.2 Å². The van der Waals surface area contributed by atoms with Crippen LogP contribution in [0.25, 0.3) is 0 Å². The average molecular weight is 586 g/mol. The van der Waals surface area contributed by atoms with Crippen molar-refractivity contribution >= 4 is 72.4 Å². The minimum atomic E-state index is -3.85. The van der Waals surface area contributed by atoms with Gasteiger partial charge in [0.15, 0.2) is 0 Å². The Kier molecular flexibility index (Phi) is 25.7. The highest BCUT2D eigenvalue weighted by atomic mass is 36.0. The van der Waals surface area contributed by atoms with Gasteiger partial charge in [0.25, 0.3) is 10.1 Å². The first kappa shape index (κ1) is 36.4. The van der Waals surface area contributed by atoms with Crippen molar-refractivity contribution in [2.45, 2.75) is 65.2 Å². The van der Waals surface area contributed by atoms with E-state index in [1.54, 1.807) is 13.8 Å². The second-order valence-electron chi connectivity index (χ2n) is 5.94. The fourth-order valence-electron chi connectivity index (χ4n) is 1.92. The quantitative estimate of drug-likeness (QED) is 0.138. The van der Waals surface area contributed by atoms with Crippen LogP contribution in [0.15, 0.2) is 0 Å². The molecular weight excluding hydrogens is 555 g/mol. The lowest BCUT2D eigenvalue weighted by atomic mass is 10.2. The topological polar surface area (TPSA) is 158 Å². The van der Waals surface area contributed by atoms with E-state index >= 15 is 0 Å². The van der Waals surface area contributed by atoms with Crippen LogP contribution in [0, 0.1) is 0 Å². The van der Waals surface area contributed by atoms with E-state index in [0.29, 0.717) is 64.6 Å². The number of halogens is 3. The lowest BCUT2D eigenvalue weighted by molar-refractivity contribution is -0.144. The van der Waals surface area contributed by atoms with Crippen molar-refractivity contribution < 1.29 is 44.7 Å². The zero-order chi connectivity index (χ0) is 25.6. The third kappa shape index (κ3) is 43.7. The molecular formula is C16H31Cl3O10S3. The van der Waals surface area contributed by atoms with Crippen molar-refractivity contribution in [3.63, 3.8) is 0 Å². The predicted octanol–water partition coefficient (Wildman–Crippen LogP) is 3.72. The summed E-state index contributed by atoms with van der Waals surface area (Å²) in [6.07, 6.45) is 4.02. The largest absolute Gasteiger partial charge is 0.466 e. The van der Waals surface area contributed by atoms with Crippen LogP contribution in [-0.2, 0) is 47.5 Å². The van der Waals surface area contributed by atoms with Gasteiger partial charge in [-0.15, -0.1) is 0 Å². The Balaban J connectivity index is -0.000000450. The molecule has 194 valence electrons. The van der Waals surface area contributed by atoms with Crippen LogP contribution >= 0.6 is 32.0 Å². The average Bonchev–Trinajstić information content (AvgIpc) is 2.60. The van der Waals surface area contributed by atoms with Gasteiger partial charge in [-0.25, -0.2) is 12.6 Å². The molecule has 0 atom stereocenters. The summed E-state index contributed by atoms with van der Waals surface area (Å²) in [7, 11) is 5.13. The molecule has 0 rings (SSSR count). The molecule has 0 saturated heterocycles. The van der Waals surface area contributed by atoms with E-state index in [1.165, 1.54) is 0 Å². The van der Waals surface area contributed by atoms with E-state index in [0.717, 1.165) is 0 Å². The Morgan fingerprint density at radius 1 is 0.781 bits per heavy atom. The molecule has 0 amide bonds. The van der Waals surface area contributed by atoms with Crippen molar-refractivity contribution in [2.75, 3.05) is 24.7 Å². The summed E-state index contributed by atoms with van der Waals surface area (Å²) in [5.74, 6) is -0.770. The summed E-state index contributed by atoms with van der Waals surface area (Å²) >= 11 is 0. The molecule has 0 aromatic carbocycles. The SMILES string of the molecule is CCOC(=O)CCCCCS(=O)(=O)Cl.CCOC(=O)CCCCCS(=O)(=O)O.O=S(Cl)Cl. The van der Waals surface area contributed by atoms with Crippen molar-refractivity contribution in [1.29, 1.82) is 0 Å². The van der Waals surface area contributed by atoms with Crippen LogP contribution < -0.4 is 0 Å². The van der Waals surface area contributed by atoms with Gasteiger partial charge in [0.1, 0.15) is 0 Å². The fourth-order valence-corrected chi connectivity index (χ4v) is 3.36. The smallest absolute Gasteiger partial charge is 0.305 e. The van der Waals surface area contributed by atoms with Gasteiger partial charge in [-0.3, -0.25) is 14.1 Å². The third-order valence-electron chi connectivity index (χ3n) is 3.16. The van der Waals surface area contributed by atoms with E-state index in [9.17, 15) is 26.4 Å². The molecule has 0 bridgehead atoms. The van der Waals surface area contributed by atoms with Crippen molar-refractivity contribution in [3.8, 4) is 0 Å². The number of ether oxygens (including phenoxy) is 2. The first-order valence-electron chi connectivity index (χ1n) is 9.57. The van der Waals surface area contributed by atoms with E-state index in [2.05, 4.69) is 26.1 Å². The number of esters is 2. The van der Waals surface area contributed by atoms with Crippen molar-refractivity contribution in [3.05, 3.63) is 0 Å². The van der Waals surface area contributed by atoms with Crippen LogP contribution in [0.2, 0.25) is 0 Å². The second-order valence-corrected chi connectivity index (χ2v) is 12.9. The van der Waals surface area contributed by atoms with Gasteiger partial charge in [-0.2, -0.15) is 8.42 Å². The van der Waals surface area contributed by atoms with E-state index in [1.807, 2.05) is 0 Å². The Hall–Kier alpha value is -0.180. The third-order valence-corrected chi connectivity index (χ3v) is 5.21. The number of carbonyl (C=O) groups is 2. The maximum absolute atomic E-state index is 10.8. The zero-order valence-corrected chi connectivity index (χ0v) is 22.7. The number of rotatable bonds is 14. The predicted molar refractivity (Wildman–Crippen MR) is 126 cm³/mol. The molecule has 0 spiro atoms. The van der Waals surface area contributed by atoms with E-state index < -0.39 is 28.4 Å². The van der Waals surface area contributed by atoms with Crippen molar-refractivity contribution in [1.82, 2.24) is 0 Å². The highest BCUT2D eigenvalue weighted by Gasteiger charge is 2.06. The van der Waals surface area contributed by atoms with Gasteiger partial charge in [-0.05, 0) is 39.5 Å².